The van der Waals surface area contributed by atoms with Crippen molar-refractivity contribution in [1.82, 2.24) is 4.98 Å². The predicted octanol–water partition coefficient (Wildman–Crippen LogP) is 4.21. The van der Waals surface area contributed by atoms with Crippen LogP contribution < -0.4 is 5.32 Å². The Balaban J connectivity index is 2.10. The molecule has 1 heterocycles. The standard InChI is InChI=1S/C14H14BrFN2/c1-9-5-12(15)13(16)6-14(9)18-8-11-4-3-10(2)17-7-11/h3-7,18H,8H2,1-2H3. The second-order valence-corrected chi connectivity index (χ2v) is 5.10. The maximum Gasteiger partial charge on any atom is 0.139 e. The molecule has 0 saturated heterocycles. The third kappa shape index (κ3) is 3.07. The zero-order valence-corrected chi connectivity index (χ0v) is 11.9. The number of benzene rings is 1. The monoisotopic (exact) mass is 308 g/mol. The molecule has 0 spiro atoms. The molecule has 0 bridgehead atoms. The number of hydrogen-bond acceptors (Lipinski definition) is 2. The smallest absolute Gasteiger partial charge is 0.139 e. The fourth-order valence-corrected chi connectivity index (χ4v) is 2.09. The van der Waals surface area contributed by atoms with Crippen LogP contribution in [0.5, 0.6) is 0 Å². The highest BCUT2D eigenvalue weighted by atomic mass is 79.9. The van der Waals surface area contributed by atoms with E-state index < -0.39 is 0 Å². The van der Waals surface area contributed by atoms with Crippen LogP contribution in [-0.2, 0) is 6.54 Å². The van der Waals surface area contributed by atoms with E-state index in [-0.39, 0.29) is 5.82 Å². The molecular weight excluding hydrogens is 295 g/mol. The van der Waals surface area contributed by atoms with Gasteiger partial charge in [0, 0.05) is 24.1 Å². The van der Waals surface area contributed by atoms with Crippen molar-refractivity contribution in [2.24, 2.45) is 0 Å². The van der Waals surface area contributed by atoms with Gasteiger partial charge in [0.2, 0.25) is 0 Å². The van der Waals surface area contributed by atoms with E-state index in [0.29, 0.717) is 11.0 Å². The van der Waals surface area contributed by atoms with Crippen molar-refractivity contribution in [2.75, 3.05) is 5.32 Å². The van der Waals surface area contributed by atoms with E-state index in [1.54, 1.807) is 6.07 Å². The molecule has 2 rings (SSSR count). The quantitative estimate of drug-likeness (QED) is 0.918. The highest BCUT2D eigenvalue weighted by Crippen LogP contribution is 2.24. The summed E-state index contributed by atoms with van der Waals surface area (Å²) in [6.07, 6.45) is 1.83. The molecule has 94 valence electrons. The number of rotatable bonds is 3. The van der Waals surface area contributed by atoms with E-state index in [1.165, 1.54) is 6.07 Å². The Morgan fingerprint density at radius 2 is 2.06 bits per heavy atom. The summed E-state index contributed by atoms with van der Waals surface area (Å²) < 4.78 is 13.9. The summed E-state index contributed by atoms with van der Waals surface area (Å²) >= 11 is 3.17. The van der Waals surface area contributed by atoms with Gasteiger partial charge in [0.25, 0.3) is 0 Å². The van der Waals surface area contributed by atoms with Gasteiger partial charge in [-0.25, -0.2) is 4.39 Å². The first-order valence-electron chi connectivity index (χ1n) is 5.67. The molecule has 2 nitrogen and oxygen atoms in total. The van der Waals surface area contributed by atoms with Crippen LogP contribution in [0.1, 0.15) is 16.8 Å². The lowest BCUT2D eigenvalue weighted by Crippen LogP contribution is -2.02. The van der Waals surface area contributed by atoms with Gasteiger partial charge in [0.1, 0.15) is 5.82 Å². The summed E-state index contributed by atoms with van der Waals surface area (Å²) in [5.41, 5.74) is 3.87. The third-order valence-corrected chi connectivity index (χ3v) is 3.33. The van der Waals surface area contributed by atoms with Gasteiger partial charge < -0.3 is 5.32 Å². The highest BCUT2D eigenvalue weighted by Gasteiger charge is 2.05. The Labute approximate surface area is 114 Å². The first-order valence-corrected chi connectivity index (χ1v) is 6.46. The van der Waals surface area contributed by atoms with Crippen molar-refractivity contribution in [3.05, 3.63) is 57.6 Å². The van der Waals surface area contributed by atoms with Crippen LogP contribution in [0.2, 0.25) is 0 Å². The van der Waals surface area contributed by atoms with Crippen molar-refractivity contribution in [2.45, 2.75) is 20.4 Å². The van der Waals surface area contributed by atoms with Gasteiger partial charge in [-0.3, -0.25) is 4.98 Å². The van der Waals surface area contributed by atoms with Gasteiger partial charge in [0.15, 0.2) is 0 Å². The number of aryl methyl sites for hydroxylation is 2. The van der Waals surface area contributed by atoms with E-state index in [9.17, 15) is 4.39 Å². The zero-order valence-electron chi connectivity index (χ0n) is 10.3. The van der Waals surface area contributed by atoms with Gasteiger partial charge >= 0.3 is 0 Å². The second-order valence-electron chi connectivity index (χ2n) is 4.24. The maximum absolute atomic E-state index is 13.4. The number of nitrogens with zero attached hydrogens (tertiary/aromatic N) is 1. The van der Waals surface area contributed by atoms with E-state index in [4.69, 9.17) is 0 Å². The van der Waals surface area contributed by atoms with Crippen LogP contribution in [0.15, 0.2) is 34.9 Å². The molecule has 0 saturated carbocycles. The molecule has 0 unspecified atom stereocenters. The first kappa shape index (κ1) is 13.0. The lowest BCUT2D eigenvalue weighted by molar-refractivity contribution is 0.621. The minimum Gasteiger partial charge on any atom is -0.381 e. The molecule has 4 heteroatoms. The van der Waals surface area contributed by atoms with Crippen LogP contribution in [0.3, 0.4) is 0 Å². The van der Waals surface area contributed by atoms with E-state index in [1.807, 2.05) is 32.2 Å². The van der Waals surface area contributed by atoms with Crippen LogP contribution in [0, 0.1) is 19.7 Å². The second kappa shape index (κ2) is 5.48. The lowest BCUT2D eigenvalue weighted by Gasteiger charge is -2.10. The molecular formula is C14H14BrFN2. The molecule has 0 amide bonds. The van der Waals surface area contributed by atoms with Crippen LogP contribution in [-0.4, -0.2) is 4.98 Å². The number of nitrogens with one attached hydrogen (secondary N) is 1. The van der Waals surface area contributed by atoms with Crippen LogP contribution in [0.4, 0.5) is 10.1 Å². The summed E-state index contributed by atoms with van der Waals surface area (Å²) in [5, 5.41) is 3.22. The molecule has 0 aliphatic heterocycles. The van der Waals surface area contributed by atoms with E-state index in [0.717, 1.165) is 22.5 Å². The normalized spacial score (nSPS) is 10.4. The fraction of sp³-hybridized carbons (Fsp3) is 0.214. The van der Waals surface area contributed by atoms with Crippen molar-refractivity contribution < 1.29 is 4.39 Å². The molecule has 0 fully saturated rings. The Hall–Kier alpha value is -1.42. The molecule has 2 aromatic rings. The van der Waals surface area contributed by atoms with Crippen molar-refractivity contribution in [1.29, 1.82) is 0 Å². The summed E-state index contributed by atoms with van der Waals surface area (Å²) in [6, 6.07) is 7.25. The number of halogens is 2. The highest BCUT2D eigenvalue weighted by molar-refractivity contribution is 9.10. The SMILES string of the molecule is Cc1ccc(CNc2cc(F)c(Br)cc2C)cn1. The topological polar surface area (TPSA) is 24.9 Å². The molecule has 0 radical (unpaired) electrons. The van der Waals surface area contributed by atoms with E-state index in [2.05, 4.69) is 26.2 Å². The Morgan fingerprint density at radius 1 is 1.28 bits per heavy atom. The van der Waals surface area contributed by atoms with Gasteiger partial charge in [-0.05, 0) is 59.1 Å². The number of pyridine rings is 1. The van der Waals surface area contributed by atoms with Crippen molar-refractivity contribution in [3.8, 4) is 0 Å². The summed E-state index contributed by atoms with van der Waals surface area (Å²) in [7, 11) is 0. The number of aromatic nitrogens is 1. The molecule has 18 heavy (non-hydrogen) atoms. The molecule has 0 atom stereocenters. The summed E-state index contributed by atoms with van der Waals surface area (Å²) in [5.74, 6) is -0.259. The molecule has 0 aliphatic carbocycles. The van der Waals surface area contributed by atoms with Gasteiger partial charge in [-0.2, -0.15) is 0 Å². The molecule has 0 aliphatic rings. The number of anilines is 1. The lowest BCUT2D eigenvalue weighted by atomic mass is 10.2. The van der Waals surface area contributed by atoms with Gasteiger partial charge in [0.05, 0.1) is 4.47 Å². The summed E-state index contributed by atoms with van der Waals surface area (Å²) in [6.45, 7) is 4.53. The molecule has 1 N–H and O–H groups in total. The largest absolute Gasteiger partial charge is 0.381 e. The van der Waals surface area contributed by atoms with Gasteiger partial charge in [-0.15, -0.1) is 0 Å². The van der Waals surface area contributed by atoms with Crippen molar-refractivity contribution >= 4 is 21.6 Å². The van der Waals surface area contributed by atoms with Crippen LogP contribution >= 0.6 is 15.9 Å². The predicted molar refractivity (Wildman–Crippen MR) is 75.1 cm³/mol. The average Bonchev–Trinajstić information content (AvgIpc) is 2.34. The Morgan fingerprint density at radius 3 is 2.72 bits per heavy atom. The van der Waals surface area contributed by atoms with Crippen molar-refractivity contribution in [3.63, 3.8) is 0 Å². The molecule has 1 aromatic carbocycles. The van der Waals surface area contributed by atoms with Crippen LogP contribution in [0.25, 0.3) is 0 Å². The zero-order chi connectivity index (χ0) is 13.1. The number of hydrogen-bond donors (Lipinski definition) is 1. The molecule has 1 aromatic heterocycles. The Kier molecular flexibility index (Phi) is 3.97. The fourth-order valence-electron chi connectivity index (χ4n) is 1.64. The average molecular weight is 309 g/mol. The summed E-state index contributed by atoms with van der Waals surface area (Å²) in [4.78, 5) is 4.22. The Bertz CT molecular complexity index is 552. The van der Waals surface area contributed by atoms with Gasteiger partial charge in [-0.1, -0.05) is 6.07 Å². The third-order valence-electron chi connectivity index (χ3n) is 2.72. The minimum atomic E-state index is -0.259. The van der Waals surface area contributed by atoms with E-state index >= 15 is 0 Å². The maximum atomic E-state index is 13.4. The minimum absolute atomic E-state index is 0.259. The first-order chi connectivity index (χ1) is 8.56.